The van der Waals surface area contributed by atoms with Crippen LogP contribution in [0.15, 0.2) is 47.4 Å². The Labute approximate surface area is 157 Å². The maximum absolute atomic E-state index is 13.3. The molecular formula is C18H19ClN2O4S. The summed E-state index contributed by atoms with van der Waals surface area (Å²) in [4.78, 5) is 12.7. The Morgan fingerprint density at radius 3 is 2.65 bits per heavy atom. The Morgan fingerprint density at radius 1 is 1.23 bits per heavy atom. The minimum atomic E-state index is -3.89. The summed E-state index contributed by atoms with van der Waals surface area (Å²) in [5.74, 6) is 0.206. The number of halogens is 1. The van der Waals surface area contributed by atoms with E-state index in [1.807, 2.05) is 0 Å². The molecule has 0 aromatic heterocycles. The quantitative estimate of drug-likeness (QED) is 0.864. The van der Waals surface area contributed by atoms with Crippen LogP contribution in [0.4, 0.5) is 0 Å². The number of benzene rings is 2. The highest BCUT2D eigenvalue weighted by Crippen LogP contribution is 2.32. The molecule has 0 aliphatic carbocycles. The summed E-state index contributed by atoms with van der Waals surface area (Å²) < 4.78 is 33.0. The van der Waals surface area contributed by atoms with Gasteiger partial charge in [-0.05, 0) is 48.4 Å². The molecule has 0 radical (unpaired) electrons. The van der Waals surface area contributed by atoms with E-state index in [0.717, 1.165) is 0 Å². The lowest BCUT2D eigenvalue weighted by molar-refractivity contribution is -0.126. The molecule has 1 N–H and O–H groups in total. The second-order valence-corrected chi connectivity index (χ2v) is 8.29. The minimum Gasteiger partial charge on any atom is -0.497 e. The molecule has 3 rings (SSSR count). The summed E-state index contributed by atoms with van der Waals surface area (Å²) in [6.07, 6.45) is 0. The van der Waals surface area contributed by atoms with Gasteiger partial charge in [-0.15, -0.1) is 0 Å². The third-order valence-electron chi connectivity index (χ3n) is 4.30. The number of hydrogen-bond acceptors (Lipinski definition) is 4. The molecule has 1 saturated heterocycles. The van der Waals surface area contributed by atoms with Crippen molar-refractivity contribution < 1.29 is 17.9 Å². The molecule has 1 aliphatic rings. The van der Waals surface area contributed by atoms with Gasteiger partial charge in [0.15, 0.2) is 0 Å². The van der Waals surface area contributed by atoms with Crippen molar-refractivity contribution in [3.63, 3.8) is 0 Å². The number of carbonyl (C=O) groups excluding carboxylic acids is 1. The number of carbonyl (C=O) groups is 1. The highest BCUT2D eigenvalue weighted by Gasteiger charge is 2.40. The second kappa shape index (κ2) is 7.26. The lowest BCUT2D eigenvalue weighted by Gasteiger charge is -2.34. The van der Waals surface area contributed by atoms with Crippen molar-refractivity contribution in [3.8, 4) is 5.75 Å². The molecule has 1 fully saturated rings. The SMILES string of the molecule is COc1ccc(S(=O)(=O)N2CCNC(=O)C2c2cccc(Cl)c2)c(C)c1. The maximum atomic E-state index is 13.3. The Morgan fingerprint density at radius 2 is 2.00 bits per heavy atom. The van der Waals surface area contributed by atoms with E-state index in [0.29, 0.717) is 21.9 Å². The average molecular weight is 395 g/mol. The summed E-state index contributed by atoms with van der Waals surface area (Å²) in [7, 11) is -2.37. The zero-order valence-electron chi connectivity index (χ0n) is 14.4. The van der Waals surface area contributed by atoms with Crippen LogP contribution in [-0.2, 0) is 14.8 Å². The largest absolute Gasteiger partial charge is 0.497 e. The van der Waals surface area contributed by atoms with Crippen LogP contribution in [0.1, 0.15) is 17.2 Å². The van der Waals surface area contributed by atoms with Crippen molar-refractivity contribution in [2.75, 3.05) is 20.2 Å². The maximum Gasteiger partial charge on any atom is 0.244 e. The number of hydrogen-bond donors (Lipinski definition) is 1. The molecule has 1 amide bonds. The zero-order valence-corrected chi connectivity index (χ0v) is 16.0. The van der Waals surface area contributed by atoms with E-state index in [2.05, 4.69) is 5.32 Å². The highest BCUT2D eigenvalue weighted by molar-refractivity contribution is 7.89. The number of methoxy groups -OCH3 is 1. The van der Waals surface area contributed by atoms with E-state index in [1.54, 1.807) is 43.3 Å². The molecule has 2 aromatic carbocycles. The van der Waals surface area contributed by atoms with Crippen molar-refractivity contribution >= 4 is 27.5 Å². The molecular weight excluding hydrogens is 376 g/mol. The first kappa shape index (κ1) is 18.7. The van der Waals surface area contributed by atoms with Crippen molar-refractivity contribution in [3.05, 3.63) is 58.6 Å². The first-order valence-corrected chi connectivity index (χ1v) is 9.86. The van der Waals surface area contributed by atoms with Gasteiger partial charge in [0.2, 0.25) is 15.9 Å². The third kappa shape index (κ3) is 3.42. The van der Waals surface area contributed by atoms with Gasteiger partial charge in [0, 0.05) is 18.1 Å². The van der Waals surface area contributed by atoms with E-state index >= 15 is 0 Å². The van der Waals surface area contributed by atoms with Crippen LogP contribution in [0, 0.1) is 6.92 Å². The summed E-state index contributed by atoms with van der Waals surface area (Å²) in [6, 6.07) is 10.5. The van der Waals surface area contributed by atoms with Gasteiger partial charge < -0.3 is 10.1 Å². The number of amides is 1. The predicted molar refractivity (Wildman–Crippen MR) is 98.8 cm³/mol. The van der Waals surface area contributed by atoms with E-state index in [9.17, 15) is 13.2 Å². The summed E-state index contributed by atoms with van der Waals surface area (Å²) in [6.45, 7) is 2.13. The van der Waals surface area contributed by atoms with Gasteiger partial charge in [-0.25, -0.2) is 8.42 Å². The van der Waals surface area contributed by atoms with Crippen molar-refractivity contribution in [1.82, 2.24) is 9.62 Å². The van der Waals surface area contributed by atoms with Crippen LogP contribution in [0.25, 0.3) is 0 Å². The van der Waals surface area contributed by atoms with Crippen LogP contribution in [0.5, 0.6) is 5.75 Å². The van der Waals surface area contributed by atoms with Gasteiger partial charge in [0.05, 0.1) is 12.0 Å². The number of nitrogens with zero attached hydrogens (tertiary/aromatic N) is 1. The molecule has 2 aromatic rings. The summed E-state index contributed by atoms with van der Waals surface area (Å²) >= 11 is 6.04. The summed E-state index contributed by atoms with van der Waals surface area (Å²) in [5.41, 5.74) is 1.09. The van der Waals surface area contributed by atoms with Crippen LogP contribution in [0.3, 0.4) is 0 Å². The van der Waals surface area contributed by atoms with Gasteiger partial charge in [0.25, 0.3) is 0 Å². The number of nitrogens with one attached hydrogen (secondary N) is 1. The summed E-state index contributed by atoms with van der Waals surface area (Å²) in [5, 5.41) is 3.17. The number of rotatable bonds is 4. The molecule has 1 atom stereocenters. The highest BCUT2D eigenvalue weighted by atomic mass is 35.5. The molecule has 1 aliphatic heterocycles. The van der Waals surface area contributed by atoms with Gasteiger partial charge >= 0.3 is 0 Å². The van der Waals surface area contributed by atoms with Crippen molar-refractivity contribution in [1.29, 1.82) is 0 Å². The van der Waals surface area contributed by atoms with E-state index in [1.165, 1.54) is 17.5 Å². The van der Waals surface area contributed by atoms with Crippen LogP contribution in [0.2, 0.25) is 5.02 Å². The molecule has 0 saturated carbocycles. The van der Waals surface area contributed by atoms with Crippen LogP contribution in [-0.4, -0.2) is 38.8 Å². The van der Waals surface area contributed by atoms with E-state index in [4.69, 9.17) is 16.3 Å². The number of sulfonamides is 1. The fourth-order valence-corrected chi connectivity index (χ4v) is 5.05. The Balaban J connectivity index is 2.08. The monoisotopic (exact) mass is 394 g/mol. The van der Waals surface area contributed by atoms with Gasteiger partial charge in [-0.1, -0.05) is 23.7 Å². The predicted octanol–water partition coefficient (Wildman–Crippen LogP) is 2.52. The first-order valence-electron chi connectivity index (χ1n) is 8.04. The number of piperazine rings is 1. The van der Waals surface area contributed by atoms with Gasteiger partial charge in [0.1, 0.15) is 11.8 Å². The van der Waals surface area contributed by atoms with Crippen LogP contribution >= 0.6 is 11.6 Å². The standard InChI is InChI=1S/C18H19ClN2O4S/c1-12-10-15(25-2)6-7-16(12)26(23,24)21-9-8-20-18(22)17(21)13-4-3-5-14(19)11-13/h3-7,10-11,17H,8-9H2,1-2H3,(H,20,22). The Kier molecular flexibility index (Phi) is 5.22. The fourth-order valence-electron chi connectivity index (χ4n) is 3.06. The average Bonchev–Trinajstić information content (AvgIpc) is 2.61. The lowest BCUT2D eigenvalue weighted by Crippen LogP contribution is -2.52. The molecule has 8 heteroatoms. The fraction of sp³-hybridized carbons (Fsp3) is 0.278. The molecule has 1 heterocycles. The molecule has 138 valence electrons. The number of ether oxygens (including phenoxy) is 1. The molecule has 0 spiro atoms. The first-order chi connectivity index (χ1) is 12.3. The third-order valence-corrected chi connectivity index (χ3v) is 6.56. The minimum absolute atomic E-state index is 0.153. The molecule has 0 bridgehead atoms. The van der Waals surface area contributed by atoms with Crippen molar-refractivity contribution in [2.45, 2.75) is 17.9 Å². The van der Waals surface area contributed by atoms with Gasteiger partial charge in [-0.2, -0.15) is 4.31 Å². The lowest BCUT2D eigenvalue weighted by atomic mass is 10.0. The van der Waals surface area contributed by atoms with Crippen LogP contribution < -0.4 is 10.1 Å². The van der Waals surface area contributed by atoms with Gasteiger partial charge in [-0.3, -0.25) is 4.79 Å². The smallest absolute Gasteiger partial charge is 0.244 e. The van der Waals surface area contributed by atoms with E-state index in [-0.39, 0.29) is 23.9 Å². The Hall–Kier alpha value is -2.09. The molecule has 1 unspecified atom stereocenters. The topological polar surface area (TPSA) is 75.7 Å². The number of aryl methyl sites for hydroxylation is 1. The van der Waals surface area contributed by atoms with Crippen molar-refractivity contribution in [2.24, 2.45) is 0 Å². The normalized spacial score (nSPS) is 18.4. The second-order valence-electron chi connectivity index (χ2n) is 6.00. The Bertz CT molecular complexity index is 946. The molecule has 6 nitrogen and oxygen atoms in total. The zero-order chi connectivity index (χ0) is 18.9. The molecule has 26 heavy (non-hydrogen) atoms. The van der Waals surface area contributed by atoms with E-state index < -0.39 is 16.1 Å².